The summed E-state index contributed by atoms with van der Waals surface area (Å²) in [7, 11) is 0. The van der Waals surface area contributed by atoms with Crippen LogP contribution in [-0.2, 0) is 0 Å². The Morgan fingerprint density at radius 2 is 1.00 bits per heavy atom. The Morgan fingerprint density at radius 3 is 1.85 bits per heavy atom. The van der Waals surface area contributed by atoms with Gasteiger partial charge in [-0.15, -0.1) is 0 Å². The minimum absolute atomic E-state index is 0.660. The molecular weight excluding hydrogens is 689 g/mol. The standard InChI is InChI=1S/C50H32N4S/c1-3-14-33(15-4-1)49-41-21-7-9-22-42(41)51-50(52-49)54-43-23-10-8-20-39(43)40-28-26-36(31-46(40)54)34-16-13-17-35(30-34)37-27-29-45-48(32-37)55-47-25-12-11-24-44(47)53(45)38-18-5-2-6-19-38/h1-32H. The van der Waals surface area contributed by atoms with E-state index in [9.17, 15) is 0 Å². The predicted octanol–water partition coefficient (Wildman–Crippen LogP) is 13.7. The van der Waals surface area contributed by atoms with Crippen molar-refractivity contribution in [3.05, 3.63) is 194 Å². The van der Waals surface area contributed by atoms with Gasteiger partial charge in [-0.1, -0.05) is 145 Å². The Morgan fingerprint density at radius 1 is 0.382 bits per heavy atom. The molecule has 0 N–H and O–H groups in total. The zero-order valence-corrected chi connectivity index (χ0v) is 30.5. The second-order valence-electron chi connectivity index (χ2n) is 13.8. The number of fused-ring (bicyclic) bond motifs is 6. The van der Waals surface area contributed by atoms with Gasteiger partial charge >= 0.3 is 0 Å². The average molecular weight is 721 g/mol. The Kier molecular flexibility index (Phi) is 7.39. The van der Waals surface area contributed by atoms with Crippen LogP contribution < -0.4 is 4.90 Å². The van der Waals surface area contributed by atoms with Gasteiger partial charge in [-0.05, 0) is 82.9 Å². The number of rotatable bonds is 5. The first-order valence-corrected chi connectivity index (χ1v) is 19.3. The van der Waals surface area contributed by atoms with Gasteiger partial charge in [-0.25, -0.2) is 9.97 Å². The minimum atomic E-state index is 0.660. The Balaban J connectivity index is 1.03. The van der Waals surface area contributed by atoms with Crippen LogP contribution in [0, 0.1) is 0 Å². The summed E-state index contributed by atoms with van der Waals surface area (Å²) in [6.07, 6.45) is 0. The van der Waals surface area contributed by atoms with E-state index < -0.39 is 0 Å². The lowest BCUT2D eigenvalue weighted by Gasteiger charge is -2.33. The molecular formula is C50H32N4S. The van der Waals surface area contributed by atoms with Crippen molar-refractivity contribution in [2.75, 3.05) is 4.90 Å². The van der Waals surface area contributed by atoms with Crippen molar-refractivity contribution in [2.24, 2.45) is 0 Å². The lowest BCUT2D eigenvalue weighted by Crippen LogP contribution is -2.14. The molecule has 258 valence electrons. The average Bonchev–Trinajstić information content (AvgIpc) is 3.59. The van der Waals surface area contributed by atoms with Crippen LogP contribution >= 0.6 is 11.8 Å². The fourth-order valence-corrected chi connectivity index (χ4v) is 9.11. The van der Waals surface area contributed by atoms with Crippen LogP contribution in [-0.4, -0.2) is 14.5 Å². The van der Waals surface area contributed by atoms with E-state index in [0.717, 1.165) is 50.0 Å². The topological polar surface area (TPSA) is 34.0 Å². The van der Waals surface area contributed by atoms with E-state index in [1.165, 1.54) is 43.1 Å². The van der Waals surface area contributed by atoms with E-state index in [0.29, 0.717) is 5.95 Å². The van der Waals surface area contributed by atoms with Gasteiger partial charge in [-0.3, -0.25) is 4.57 Å². The molecule has 2 aromatic heterocycles. The molecule has 0 aliphatic carbocycles. The molecule has 10 aromatic rings. The van der Waals surface area contributed by atoms with Crippen LogP contribution in [0.25, 0.3) is 72.2 Å². The van der Waals surface area contributed by atoms with Gasteiger partial charge in [-0.2, -0.15) is 0 Å². The number of hydrogen-bond donors (Lipinski definition) is 0. The van der Waals surface area contributed by atoms with Crippen molar-refractivity contribution in [2.45, 2.75) is 9.79 Å². The first-order chi connectivity index (χ1) is 27.3. The van der Waals surface area contributed by atoms with Crippen molar-refractivity contribution in [1.29, 1.82) is 0 Å². The number of nitrogens with zero attached hydrogens (tertiary/aromatic N) is 4. The minimum Gasteiger partial charge on any atom is -0.308 e. The molecule has 5 heteroatoms. The molecule has 3 heterocycles. The summed E-state index contributed by atoms with van der Waals surface area (Å²) in [6, 6.07) is 69.1. The van der Waals surface area contributed by atoms with Crippen molar-refractivity contribution < 1.29 is 0 Å². The summed E-state index contributed by atoms with van der Waals surface area (Å²) < 4.78 is 2.23. The maximum absolute atomic E-state index is 5.29. The molecule has 0 fully saturated rings. The molecule has 0 unspecified atom stereocenters. The monoisotopic (exact) mass is 720 g/mol. The highest BCUT2D eigenvalue weighted by molar-refractivity contribution is 7.99. The third-order valence-electron chi connectivity index (χ3n) is 10.6. The number of aromatic nitrogens is 3. The number of hydrogen-bond acceptors (Lipinski definition) is 4. The third kappa shape index (κ3) is 5.31. The lowest BCUT2D eigenvalue weighted by atomic mass is 9.98. The molecule has 1 aliphatic heterocycles. The number of benzene rings is 8. The van der Waals surface area contributed by atoms with Gasteiger partial charge in [0.05, 0.1) is 33.6 Å². The van der Waals surface area contributed by atoms with Crippen LogP contribution in [0.4, 0.5) is 17.1 Å². The zero-order chi connectivity index (χ0) is 36.3. The molecule has 4 nitrogen and oxygen atoms in total. The molecule has 8 aromatic carbocycles. The molecule has 0 bridgehead atoms. The van der Waals surface area contributed by atoms with E-state index in [1.54, 1.807) is 0 Å². The molecule has 11 rings (SSSR count). The SMILES string of the molecule is c1ccc(-c2nc(-n3c4ccccc4c4ccc(-c5cccc(-c6ccc7c(c6)Sc6ccccc6N7c6ccccc6)c5)cc43)nc3ccccc23)cc1. The first kappa shape index (κ1) is 31.6. The van der Waals surface area contributed by atoms with E-state index in [-0.39, 0.29) is 0 Å². The summed E-state index contributed by atoms with van der Waals surface area (Å²) >= 11 is 1.84. The predicted molar refractivity (Wildman–Crippen MR) is 229 cm³/mol. The fourth-order valence-electron chi connectivity index (χ4n) is 8.02. The summed E-state index contributed by atoms with van der Waals surface area (Å²) in [5, 5.41) is 3.38. The van der Waals surface area contributed by atoms with E-state index in [1.807, 2.05) is 23.9 Å². The summed E-state index contributed by atoms with van der Waals surface area (Å²) in [6.45, 7) is 0. The van der Waals surface area contributed by atoms with Crippen LogP contribution in [0.1, 0.15) is 0 Å². The van der Waals surface area contributed by atoms with Gasteiger partial charge in [0, 0.05) is 37.2 Å². The molecule has 55 heavy (non-hydrogen) atoms. The van der Waals surface area contributed by atoms with Gasteiger partial charge in [0.15, 0.2) is 0 Å². The summed E-state index contributed by atoms with van der Waals surface area (Å²) in [5.41, 5.74) is 13.3. The van der Waals surface area contributed by atoms with Crippen LogP contribution in [0.15, 0.2) is 204 Å². The van der Waals surface area contributed by atoms with Gasteiger partial charge in [0.1, 0.15) is 0 Å². The van der Waals surface area contributed by atoms with Crippen molar-refractivity contribution in [3.8, 4) is 39.5 Å². The van der Waals surface area contributed by atoms with Crippen molar-refractivity contribution >= 4 is 61.5 Å². The molecule has 1 aliphatic rings. The molecule has 0 spiro atoms. The van der Waals surface area contributed by atoms with Gasteiger partial charge in [0.2, 0.25) is 5.95 Å². The largest absolute Gasteiger partial charge is 0.308 e. The third-order valence-corrected chi connectivity index (χ3v) is 11.7. The lowest BCUT2D eigenvalue weighted by molar-refractivity contribution is 1.01. The fraction of sp³-hybridized carbons (Fsp3) is 0. The first-order valence-electron chi connectivity index (χ1n) is 18.5. The van der Waals surface area contributed by atoms with Crippen LogP contribution in [0.3, 0.4) is 0 Å². The summed E-state index contributed by atoms with van der Waals surface area (Å²) in [5.74, 6) is 0.660. The zero-order valence-electron chi connectivity index (χ0n) is 29.7. The Bertz CT molecular complexity index is 3080. The maximum Gasteiger partial charge on any atom is 0.235 e. The smallest absolute Gasteiger partial charge is 0.235 e. The second kappa shape index (κ2) is 12.9. The molecule has 0 amide bonds. The summed E-state index contributed by atoms with van der Waals surface area (Å²) in [4.78, 5) is 15.3. The Hall–Kier alpha value is -6.95. The van der Waals surface area contributed by atoms with Crippen molar-refractivity contribution in [1.82, 2.24) is 14.5 Å². The van der Waals surface area contributed by atoms with Crippen molar-refractivity contribution in [3.63, 3.8) is 0 Å². The van der Waals surface area contributed by atoms with E-state index in [2.05, 4.69) is 191 Å². The van der Waals surface area contributed by atoms with E-state index in [4.69, 9.17) is 9.97 Å². The highest BCUT2D eigenvalue weighted by Gasteiger charge is 2.25. The Labute approximate surface area is 323 Å². The van der Waals surface area contributed by atoms with Crippen LogP contribution in [0.2, 0.25) is 0 Å². The van der Waals surface area contributed by atoms with Gasteiger partial charge in [0.25, 0.3) is 0 Å². The van der Waals surface area contributed by atoms with Gasteiger partial charge < -0.3 is 4.90 Å². The second-order valence-corrected chi connectivity index (χ2v) is 14.9. The van der Waals surface area contributed by atoms with E-state index >= 15 is 0 Å². The highest BCUT2D eigenvalue weighted by atomic mass is 32.2. The van der Waals surface area contributed by atoms with Crippen LogP contribution in [0.5, 0.6) is 0 Å². The highest BCUT2D eigenvalue weighted by Crippen LogP contribution is 2.52. The normalized spacial score (nSPS) is 12.3. The molecule has 0 atom stereocenters. The number of anilines is 3. The molecule has 0 radical (unpaired) electrons. The number of para-hydroxylation sites is 4. The molecule has 0 saturated heterocycles. The quantitative estimate of drug-likeness (QED) is 0.177. The maximum atomic E-state index is 5.29. The molecule has 0 saturated carbocycles.